The molecule has 2 amide bonds. The van der Waals surface area contributed by atoms with Crippen LogP contribution in [0.2, 0.25) is 0 Å². The zero-order chi connectivity index (χ0) is 26.1. The highest BCUT2D eigenvalue weighted by Gasteiger charge is 2.28. The molecule has 1 atom stereocenters. The molecule has 192 valence electrons. The summed E-state index contributed by atoms with van der Waals surface area (Å²) < 4.78 is 5.05. The predicted molar refractivity (Wildman–Crippen MR) is 142 cm³/mol. The first kappa shape index (κ1) is 27.5. The maximum absolute atomic E-state index is 13.3. The Hall–Kier alpha value is -3.11. The van der Waals surface area contributed by atoms with Crippen molar-refractivity contribution in [2.75, 3.05) is 17.7 Å². The van der Waals surface area contributed by atoms with E-state index in [0.29, 0.717) is 22.7 Å². The number of carbonyl (C=O) groups excluding carboxylic acids is 3. The molecule has 1 aromatic carbocycles. The van der Waals surface area contributed by atoms with Crippen molar-refractivity contribution in [1.29, 1.82) is 0 Å². The number of thiophene rings is 1. The lowest BCUT2D eigenvalue weighted by atomic mass is 9.96. The molecule has 1 aliphatic rings. The monoisotopic (exact) mass is 530 g/mol. The van der Waals surface area contributed by atoms with Gasteiger partial charge in [-0.15, -0.1) is 23.1 Å². The minimum Gasteiger partial charge on any atom is -0.478 e. The Balaban J connectivity index is 1.75. The van der Waals surface area contributed by atoms with Crippen LogP contribution in [0.25, 0.3) is 0 Å². The van der Waals surface area contributed by atoms with Gasteiger partial charge < -0.3 is 20.5 Å². The molecule has 10 heteroatoms. The number of rotatable bonds is 9. The average Bonchev–Trinajstić information content (AvgIpc) is 3.16. The molecule has 2 aromatic rings. The van der Waals surface area contributed by atoms with E-state index in [1.807, 2.05) is 13.0 Å². The molecule has 8 nitrogen and oxygen atoms in total. The van der Waals surface area contributed by atoms with Gasteiger partial charge in [-0.1, -0.05) is 25.8 Å². The number of aliphatic carboxylic acids is 1. The van der Waals surface area contributed by atoms with Crippen LogP contribution in [0.1, 0.15) is 59.8 Å². The number of fused-ring (bicyclic) bond motifs is 1. The van der Waals surface area contributed by atoms with Gasteiger partial charge >= 0.3 is 11.9 Å². The zero-order valence-electron chi connectivity index (χ0n) is 20.3. The number of carboxylic acid groups (broad SMARTS) is 1. The van der Waals surface area contributed by atoms with Gasteiger partial charge in [0.2, 0.25) is 11.8 Å². The first-order valence-electron chi connectivity index (χ1n) is 11.8. The van der Waals surface area contributed by atoms with E-state index >= 15 is 0 Å². The van der Waals surface area contributed by atoms with Crippen LogP contribution in [0.3, 0.4) is 0 Å². The molecule has 1 aromatic heterocycles. The van der Waals surface area contributed by atoms with E-state index in [-0.39, 0.29) is 5.91 Å². The molecule has 0 bridgehead atoms. The van der Waals surface area contributed by atoms with Crippen LogP contribution in [0, 0.1) is 0 Å². The SMILES string of the molecule is CCC(Sc1cccc(NC(=O)/C=C/C(=O)O)c1)C(=O)Nc1sc2c(c1C(=O)OC)CCCCCC2. The number of anilines is 2. The third-order valence-corrected chi connectivity index (χ3v) is 8.28. The number of ether oxygens (including phenoxy) is 1. The van der Waals surface area contributed by atoms with Gasteiger partial charge in [-0.25, -0.2) is 9.59 Å². The standard InChI is InChI=1S/C26H30N2O6S2/c1-3-19(35-17-10-8-9-16(15-17)27-21(29)13-14-22(30)31)24(32)28-25-23(26(33)34-2)18-11-6-4-5-7-12-20(18)36-25/h8-10,13-15,19H,3-7,11-12H2,1-2H3,(H,27,29)(H,28,32)(H,30,31)/b14-13+. The summed E-state index contributed by atoms with van der Waals surface area (Å²) in [7, 11) is 1.36. The van der Waals surface area contributed by atoms with Crippen molar-refractivity contribution in [3.05, 3.63) is 52.4 Å². The van der Waals surface area contributed by atoms with Crippen LogP contribution >= 0.6 is 23.1 Å². The van der Waals surface area contributed by atoms with Crippen molar-refractivity contribution < 1.29 is 29.0 Å². The number of methoxy groups -OCH3 is 1. The summed E-state index contributed by atoms with van der Waals surface area (Å²) in [6, 6.07) is 6.99. The van der Waals surface area contributed by atoms with Crippen molar-refractivity contribution in [3.8, 4) is 0 Å². The third-order valence-electron chi connectivity index (χ3n) is 5.72. The van der Waals surface area contributed by atoms with Crippen LogP contribution in [-0.2, 0) is 32.0 Å². The van der Waals surface area contributed by atoms with Gasteiger partial charge in [-0.3, -0.25) is 9.59 Å². The molecule has 0 saturated heterocycles. The highest BCUT2D eigenvalue weighted by molar-refractivity contribution is 8.00. The summed E-state index contributed by atoms with van der Waals surface area (Å²) in [5.41, 5.74) is 1.97. The van der Waals surface area contributed by atoms with Crippen LogP contribution in [0.15, 0.2) is 41.3 Å². The van der Waals surface area contributed by atoms with E-state index in [9.17, 15) is 19.2 Å². The second-order valence-electron chi connectivity index (χ2n) is 8.31. The Morgan fingerprint density at radius 2 is 1.86 bits per heavy atom. The Labute approximate surface area is 218 Å². The number of carboxylic acids is 1. The molecule has 36 heavy (non-hydrogen) atoms. The van der Waals surface area contributed by atoms with Crippen molar-refractivity contribution in [2.45, 2.75) is 62.0 Å². The van der Waals surface area contributed by atoms with Gasteiger partial charge in [0.05, 0.1) is 17.9 Å². The number of aryl methyl sites for hydroxylation is 1. The fourth-order valence-electron chi connectivity index (χ4n) is 3.98. The van der Waals surface area contributed by atoms with Crippen LogP contribution in [0.4, 0.5) is 10.7 Å². The lowest BCUT2D eigenvalue weighted by Crippen LogP contribution is -2.25. The number of nitrogens with one attached hydrogen (secondary N) is 2. The molecule has 0 radical (unpaired) electrons. The first-order valence-corrected chi connectivity index (χ1v) is 13.5. The van der Waals surface area contributed by atoms with Crippen LogP contribution in [0.5, 0.6) is 0 Å². The minimum atomic E-state index is -1.21. The molecule has 1 unspecified atom stereocenters. The maximum Gasteiger partial charge on any atom is 0.341 e. The summed E-state index contributed by atoms with van der Waals surface area (Å²) >= 11 is 2.82. The van der Waals surface area contributed by atoms with Crippen molar-refractivity contribution in [2.24, 2.45) is 0 Å². The van der Waals surface area contributed by atoms with Crippen molar-refractivity contribution in [3.63, 3.8) is 0 Å². The second kappa shape index (κ2) is 13.3. The predicted octanol–water partition coefficient (Wildman–Crippen LogP) is 5.28. The Morgan fingerprint density at radius 3 is 2.56 bits per heavy atom. The second-order valence-corrected chi connectivity index (χ2v) is 10.7. The lowest BCUT2D eigenvalue weighted by Gasteiger charge is -2.15. The van der Waals surface area contributed by atoms with Gasteiger partial charge in [0.15, 0.2) is 0 Å². The number of hydrogen-bond acceptors (Lipinski definition) is 7. The third kappa shape index (κ3) is 7.44. The average molecular weight is 531 g/mol. The van der Waals surface area contributed by atoms with Crippen LogP contribution in [-0.4, -0.2) is 41.2 Å². The number of thioether (sulfide) groups is 1. The molecular weight excluding hydrogens is 500 g/mol. The van der Waals surface area contributed by atoms with E-state index in [2.05, 4.69) is 10.6 Å². The molecule has 0 fully saturated rings. The topological polar surface area (TPSA) is 122 Å². The van der Waals surface area contributed by atoms with Gasteiger partial charge in [-0.2, -0.15) is 0 Å². The van der Waals surface area contributed by atoms with Crippen molar-refractivity contribution in [1.82, 2.24) is 0 Å². The van der Waals surface area contributed by atoms with E-state index < -0.39 is 23.1 Å². The van der Waals surface area contributed by atoms with E-state index in [4.69, 9.17) is 9.84 Å². The number of carbonyl (C=O) groups is 4. The quantitative estimate of drug-likeness (QED) is 0.229. The number of hydrogen-bond donors (Lipinski definition) is 3. The molecule has 1 heterocycles. The van der Waals surface area contributed by atoms with Crippen LogP contribution < -0.4 is 10.6 Å². The first-order chi connectivity index (χ1) is 17.3. The molecule has 3 rings (SSSR count). The van der Waals surface area contributed by atoms with Gasteiger partial charge in [0, 0.05) is 27.6 Å². The summed E-state index contributed by atoms with van der Waals surface area (Å²) in [6.07, 6.45) is 8.31. The van der Waals surface area contributed by atoms with E-state index in [1.165, 1.54) is 30.2 Å². The summed E-state index contributed by atoms with van der Waals surface area (Å²) in [6.45, 7) is 1.91. The normalized spacial score (nSPS) is 14.3. The molecule has 0 aliphatic heterocycles. The number of esters is 1. The highest BCUT2D eigenvalue weighted by atomic mass is 32.2. The molecule has 3 N–H and O–H groups in total. The molecule has 1 aliphatic carbocycles. The smallest absolute Gasteiger partial charge is 0.341 e. The summed E-state index contributed by atoms with van der Waals surface area (Å²) in [5.74, 6) is -2.41. The summed E-state index contributed by atoms with van der Waals surface area (Å²) in [4.78, 5) is 50.3. The Morgan fingerprint density at radius 1 is 1.11 bits per heavy atom. The summed E-state index contributed by atoms with van der Waals surface area (Å²) in [5, 5.41) is 14.4. The fourth-order valence-corrected chi connectivity index (χ4v) is 6.28. The van der Waals surface area contributed by atoms with E-state index in [0.717, 1.165) is 66.0 Å². The largest absolute Gasteiger partial charge is 0.478 e. The Kier molecular flexibility index (Phi) is 10.1. The van der Waals surface area contributed by atoms with E-state index in [1.54, 1.807) is 18.2 Å². The minimum absolute atomic E-state index is 0.208. The molecule has 0 saturated carbocycles. The fraction of sp³-hybridized carbons (Fsp3) is 0.385. The maximum atomic E-state index is 13.3. The van der Waals surface area contributed by atoms with Gasteiger partial charge in [0.25, 0.3) is 0 Å². The molecule has 0 spiro atoms. The Bertz CT molecular complexity index is 1160. The lowest BCUT2D eigenvalue weighted by molar-refractivity contribution is -0.131. The number of benzene rings is 1. The van der Waals surface area contributed by atoms with Crippen molar-refractivity contribution >= 4 is 57.5 Å². The zero-order valence-corrected chi connectivity index (χ0v) is 21.9. The number of amides is 2. The highest BCUT2D eigenvalue weighted by Crippen LogP contribution is 2.38. The molecular formula is C26H30N2O6S2. The van der Waals surface area contributed by atoms with Gasteiger partial charge in [-0.05, 0) is 55.9 Å². The van der Waals surface area contributed by atoms with Gasteiger partial charge in [0.1, 0.15) is 5.00 Å².